The summed E-state index contributed by atoms with van der Waals surface area (Å²) in [6, 6.07) is 0.795. The largest absolute Gasteiger partial charge is 0.319 e. The van der Waals surface area contributed by atoms with Crippen molar-refractivity contribution in [3.8, 4) is 6.07 Å². The van der Waals surface area contributed by atoms with Crippen molar-refractivity contribution in [2.24, 2.45) is 0 Å². The van der Waals surface area contributed by atoms with Gasteiger partial charge in [-0.1, -0.05) is 18.6 Å². The van der Waals surface area contributed by atoms with E-state index in [1.54, 1.807) is 6.07 Å². The van der Waals surface area contributed by atoms with E-state index in [1.165, 1.54) is 0 Å². The predicted molar refractivity (Wildman–Crippen MR) is 72.2 cm³/mol. The molecule has 6 heteroatoms. The molecule has 0 aromatic rings. The van der Waals surface area contributed by atoms with Crippen LogP contribution in [0, 0.1) is 11.3 Å². The predicted octanol–water partition coefficient (Wildman–Crippen LogP) is 2.08. The van der Waals surface area contributed by atoms with E-state index in [0.29, 0.717) is 0 Å². The highest BCUT2D eigenvalue weighted by molar-refractivity contribution is 5.79. The molecule has 1 rings (SSSR count). The lowest BCUT2D eigenvalue weighted by atomic mass is 10.1. The maximum atomic E-state index is 13.3. The number of nitriles is 1. The Balaban J connectivity index is 2.61. The summed E-state index contributed by atoms with van der Waals surface area (Å²) < 4.78 is 26.5. The first kappa shape index (κ1) is 16.6. The van der Waals surface area contributed by atoms with Gasteiger partial charge in [0.1, 0.15) is 6.04 Å². The quantitative estimate of drug-likeness (QED) is 0.787. The van der Waals surface area contributed by atoms with Crippen LogP contribution < -0.4 is 5.32 Å². The number of alkyl halides is 2. The van der Waals surface area contributed by atoms with Crippen molar-refractivity contribution < 1.29 is 13.6 Å². The number of nitrogens with zero attached hydrogens (tertiary/aromatic N) is 2. The molecule has 2 unspecified atom stereocenters. The number of allylic oxidation sites excluding steroid dienone is 1. The van der Waals surface area contributed by atoms with Gasteiger partial charge in [0, 0.05) is 12.5 Å². The van der Waals surface area contributed by atoms with Crippen molar-refractivity contribution in [1.29, 1.82) is 5.26 Å². The van der Waals surface area contributed by atoms with Gasteiger partial charge in [0.15, 0.2) is 0 Å². The maximum absolute atomic E-state index is 13.3. The van der Waals surface area contributed by atoms with Crippen LogP contribution in [-0.4, -0.2) is 41.9 Å². The number of amides is 1. The molecule has 0 spiro atoms. The summed E-state index contributed by atoms with van der Waals surface area (Å²) in [6.45, 7) is 5.16. The zero-order valence-electron chi connectivity index (χ0n) is 12.1. The van der Waals surface area contributed by atoms with E-state index < -0.39 is 30.8 Å². The molecule has 0 aliphatic carbocycles. The number of likely N-dealkylation sites (tertiary alicyclic amines) is 1. The molecule has 1 N–H and O–H groups in total. The van der Waals surface area contributed by atoms with E-state index in [1.807, 2.05) is 26.8 Å². The van der Waals surface area contributed by atoms with Gasteiger partial charge in [-0.3, -0.25) is 4.79 Å². The van der Waals surface area contributed by atoms with Gasteiger partial charge in [-0.15, -0.1) is 0 Å². The van der Waals surface area contributed by atoms with Crippen molar-refractivity contribution in [2.75, 3.05) is 13.1 Å². The molecule has 0 aromatic carbocycles. The molecule has 2 atom stereocenters. The fraction of sp³-hybridized carbons (Fsp3) is 0.714. The van der Waals surface area contributed by atoms with E-state index >= 15 is 0 Å². The van der Waals surface area contributed by atoms with Crippen LogP contribution in [-0.2, 0) is 4.79 Å². The highest BCUT2D eigenvalue weighted by atomic mass is 19.3. The number of halogens is 2. The molecular weight excluding hydrogens is 264 g/mol. The Bertz CT molecular complexity index is 429. The van der Waals surface area contributed by atoms with Gasteiger partial charge in [-0.2, -0.15) is 5.26 Å². The third-order valence-electron chi connectivity index (χ3n) is 3.65. The number of hydrogen-bond acceptors (Lipinski definition) is 3. The molecule has 1 amide bonds. The Kier molecular flexibility index (Phi) is 5.63. The second-order valence-corrected chi connectivity index (χ2v) is 5.10. The van der Waals surface area contributed by atoms with Gasteiger partial charge < -0.3 is 10.2 Å². The molecule has 112 valence electrons. The third-order valence-corrected chi connectivity index (χ3v) is 3.65. The van der Waals surface area contributed by atoms with Crippen LogP contribution in [0.25, 0.3) is 0 Å². The Morgan fingerprint density at radius 2 is 2.30 bits per heavy atom. The fourth-order valence-electron chi connectivity index (χ4n) is 2.33. The zero-order chi connectivity index (χ0) is 15.3. The molecule has 0 aromatic heterocycles. The minimum Gasteiger partial charge on any atom is -0.319 e. The Labute approximate surface area is 118 Å². The van der Waals surface area contributed by atoms with Crippen LogP contribution in [0.3, 0.4) is 0 Å². The van der Waals surface area contributed by atoms with E-state index in [9.17, 15) is 13.6 Å². The Morgan fingerprint density at radius 1 is 1.65 bits per heavy atom. The van der Waals surface area contributed by atoms with Crippen molar-refractivity contribution in [1.82, 2.24) is 10.2 Å². The van der Waals surface area contributed by atoms with Gasteiger partial charge in [0.25, 0.3) is 5.92 Å². The van der Waals surface area contributed by atoms with Gasteiger partial charge in [-0.05, 0) is 20.3 Å². The van der Waals surface area contributed by atoms with Crippen molar-refractivity contribution in [3.05, 3.63) is 11.6 Å². The molecule has 0 saturated carbocycles. The average molecular weight is 285 g/mol. The molecule has 0 bridgehead atoms. The Hall–Kier alpha value is -1.48. The number of carbonyl (C=O) groups is 1. The molecule has 1 heterocycles. The number of rotatable bonds is 5. The van der Waals surface area contributed by atoms with Crippen LogP contribution in [0.1, 0.15) is 33.6 Å². The standard InChI is InChI=1S/C14H21F2N3O/c1-4-10(3)12(5-2)18-8-13(20)19-9-14(15,16)6-11(19)7-17/h4,11-12,18H,5-6,8-9H2,1-3H3/b10-4+. The first-order chi connectivity index (χ1) is 9.34. The highest BCUT2D eigenvalue weighted by Crippen LogP contribution is 2.31. The summed E-state index contributed by atoms with van der Waals surface area (Å²) in [5, 5.41) is 11.9. The van der Waals surface area contributed by atoms with Crippen LogP contribution in [0.4, 0.5) is 8.78 Å². The zero-order valence-corrected chi connectivity index (χ0v) is 12.1. The summed E-state index contributed by atoms with van der Waals surface area (Å²) in [5.41, 5.74) is 1.10. The van der Waals surface area contributed by atoms with Crippen LogP contribution in [0.15, 0.2) is 11.6 Å². The molecular formula is C14H21F2N3O. The molecule has 0 radical (unpaired) electrons. The molecule has 1 fully saturated rings. The lowest BCUT2D eigenvalue weighted by Gasteiger charge is -2.22. The van der Waals surface area contributed by atoms with Crippen LogP contribution in [0.5, 0.6) is 0 Å². The maximum Gasteiger partial charge on any atom is 0.268 e. The van der Waals surface area contributed by atoms with Gasteiger partial charge >= 0.3 is 0 Å². The second-order valence-electron chi connectivity index (χ2n) is 5.10. The van der Waals surface area contributed by atoms with Crippen molar-refractivity contribution in [2.45, 2.75) is 51.6 Å². The number of nitrogens with one attached hydrogen (secondary N) is 1. The SMILES string of the molecule is C/C=C(\C)C(CC)NCC(=O)N1CC(F)(F)CC1C#N. The smallest absolute Gasteiger partial charge is 0.268 e. The summed E-state index contributed by atoms with van der Waals surface area (Å²) in [7, 11) is 0. The minimum absolute atomic E-state index is 0.0298. The molecule has 1 saturated heterocycles. The van der Waals surface area contributed by atoms with E-state index in [0.717, 1.165) is 16.9 Å². The van der Waals surface area contributed by atoms with Crippen LogP contribution >= 0.6 is 0 Å². The highest BCUT2D eigenvalue weighted by Gasteiger charge is 2.47. The van der Waals surface area contributed by atoms with Crippen molar-refractivity contribution in [3.63, 3.8) is 0 Å². The van der Waals surface area contributed by atoms with Gasteiger partial charge in [0.2, 0.25) is 5.91 Å². The second kappa shape index (κ2) is 6.80. The number of hydrogen-bond donors (Lipinski definition) is 1. The summed E-state index contributed by atoms with van der Waals surface area (Å²) >= 11 is 0. The molecule has 4 nitrogen and oxygen atoms in total. The third kappa shape index (κ3) is 4.01. The number of carbonyl (C=O) groups excluding carboxylic acids is 1. The first-order valence-corrected chi connectivity index (χ1v) is 6.77. The minimum atomic E-state index is -2.96. The monoisotopic (exact) mass is 285 g/mol. The molecule has 20 heavy (non-hydrogen) atoms. The van der Waals surface area contributed by atoms with Crippen LogP contribution in [0.2, 0.25) is 0 Å². The molecule has 1 aliphatic rings. The molecule has 1 aliphatic heterocycles. The first-order valence-electron chi connectivity index (χ1n) is 6.77. The van der Waals surface area contributed by atoms with E-state index in [-0.39, 0.29) is 12.6 Å². The lowest BCUT2D eigenvalue weighted by molar-refractivity contribution is -0.131. The Morgan fingerprint density at radius 3 is 2.80 bits per heavy atom. The van der Waals surface area contributed by atoms with E-state index in [2.05, 4.69) is 5.32 Å². The van der Waals surface area contributed by atoms with Gasteiger partial charge in [0.05, 0.1) is 19.2 Å². The van der Waals surface area contributed by atoms with Crippen molar-refractivity contribution >= 4 is 5.91 Å². The fourth-order valence-corrected chi connectivity index (χ4v) is 2.33. The average Bonchev–Trinajstić information content (AvgIpc) is 2.74. The summed E-state index contributed by atoms with van der Waals surface area (Å²) in [5.74, 6) is -3.41. The van der Waals surface area contributed by atoms with E-state index in [4.69, 9.17) is 5.26 Å². The normalized spacial score (nSPS) is 23.5. The summed E-state index contributed by atoms with van der Waals surface area (Å²) in [4.78, 5) is 13.0. The summed E-state index contributed by atoms with van der Waals surface area (Å²) in [6.07, 6.45) is 2.19. The lowest BCUT2D eigenvalue weighted by Crippen LogP contribution is -2.44. The topological polar surface area (TPSA) is 56.1 Å². The van der Waals surface area contributed by atoms with Gasteiger partial charge in [-0.25, -0.2) is 8.78 Å².